The Kier molecular flexibility index (Phi) is 3.55. The lowest BCUT2D eigenvalue weighted by molar-refractivity contribution is -0.0126. The van der Waals surface area contributed by atoms with Crippen LogP contribution in [0, 0.1) is 6.57 Å². The molecule has 0 aromatic heterocycles. The number of ether oxygens (including phenoxy) is 1. The van der Waals surface area contributed by atoms with Gasteiger partial charge in [0.2, 0.25) is 6.04 Å². The molecule has 0 unspecified atom stereocenters. The van der Waals surface area contributed by atoms with Crippen LogP contribution in [-0.2, 0) is 4.74 Å². The predicted octanol–water partition coefficient (Wildman–Crippen LogP) is 2.64. The summed E-state index contributed by atoms with van der Waals surface area (Å²) in [6.45, 7) is 11.0. The highest BCUT2D eigenvalue weighted by molar-refractivity contribution is 4.85. The van der Waals surface area contributed by atoms with Crippen LogP contribution in [-0.4, -0.2) is 18.2 Å². The molecular formula is C10H17NO. The molecule has 68 valence electrons. The van der Waals surface area contributed by atoms with Gasteiger partial charge in [0.1, 0.15) is 0 Å². The molecule has 2 nitrogen and oxygen atoms in total. The van der Waals surface area contributed by atoms with Crippen molar-refractivity contribution in [3.63, 3.8) is 0 Å². The molecule has 0 heterocycles. The van der Waals surface area contributed by atoms with Crippen LogP contribution in [0.25, 0.3) is 4.85 Å². The zero-order chi connectivity index (χ0) is 8.97. The summed E-state index contributed by atoms with van der Waals surface area (Å²) in [7, 11) is 0. The van der Waals surface area contributed by atoms with Crippen LogP contribution in [0.2, 0.25) is 0 Å². The second-order valence-electron chi connectivity index (χ2n) is 3.74. The van der Waals surface area contributed by atoms with Crippen molar-refractivity contribution in [3.8, 4) is 0 Å². The van der Waals surface area contributed by atoms with Gasteiger partial charge >= 0.3 is 0 Å². The Hall–Kier alpha value is -0.550. The van der Waals surface area contributed by atoms with E-state index in [9.17, 15) is 0 Å². The average Bonchev–Trinajstić information content (AvgIpc) is 2.05. The summed E-state index contributed by atoms with van der Waals surface area (Å²) in [5.74, 6) is 0. The predicted molar refractivity (Wildman–Crippen MR) is 48.9 cm³/mol. The van der Waals surface area contributed by atoms with E-state index in [2.05, 4.69) is 18.7 Å². The first-order valence-electron chi connectivity index (χ1n) is 4.74. The minimum Gasteiger partial charge on any atom is -0.376 e. The molecule has 2 heteroatoms. The molecule has 0 atom stereocenters. The lowest BCUT2D eigenvalue weighted by Crippen LogP contribution is -2.25. The molecule has 0 aliphatic heterocycles. The van der Waals surface area contributed by atoms with E-state index in [1.54, 1.807) is 0 Å². The van der Waals surface area contributed by atoms with Gasteiger partial charge in [-0.15, -0.1) is 0 Å². The third-order valence-electron chi connectivity index (χ3n) is 2.29. The van der Waals surface area contributed by atoms with Gasteiger partial charge in [-0.3, -0.25) is 0 Å². The molecule has 1 fully saturated rings. The Bertz CT molecular complexity index is 163. The van der Waals surface area contributed by atoms with Gasteiger partial charge in [-0.05, 0) is 26.7 Å². The third-order valence-corrected chi connectivity index (χ3v) is 2.29. The number of hydrogen-bond acceptors (Lipinski definition) is 1. The van der Waals surface area contributed by atoms with Gasteiger partial charge in [-0.2, -0.15) is 0 Å². The van der Waals surface area contributed by atoms with Crippen molar-refractivity contribution in [2.24, 2.45) is 0 Å². The maximum absolute atomic E-state index is 6.89. The van der Waals surface area contributed by atoms with Gasteiger partial charge in [0.25, 0.3) is 0 Å². The van der Waals surface area contributed by atoms with E-state index in [1.807, 2.05) is 0 Å². The van der Waals surface area contributed by atoms with E-state index < -0.39 is 0 Å². The van der Waals surface area contributed by atoms with Crippen LogP contribution in [0.15, 0.2) is 0 Å². The fourth-order valence-electron chi connectivity index (χ4n) is 1.70. The highest BCUT2D eigenvalue weighted by Crippen LogP contribution is 2.24. The van der Waals surface area contributed by atoms with Gasteiger partial charge in [-0.1, -0.05) is 0 Å². The fourth-order valence-corrected chi connectivity index (χ4v) is 1.70. The van der Waals surface area contributed by atoms with Crippen molar-refractivity contribution in [2.75, 3.05) is 0 Å². The molecule has 0 saturated heterocycles. The second-order valence-corrected chi connectivity index (χ2v) is 3.74. The molecular weight excluding hydrogens is 150 g/mol. The number of rotatable bonds is 2. The van der Waals surface area contributed by atoms with E-state index in [0.29, 0.717) is 12.2 Å². The Morgan fingerprint density at radius 2 is 1.83 bits per heavy atom. The van der Waals surface area contributed by atoms with Crippen molar-refractivity contribution in [3.05, 3.63) is 11.4 Å². The Labute approximate surface area is 74.7 Å². The zero-order valence-electron chi connectivity index (χ0n) is 7.92. The van der Waals surface area contributed by atoms with Gasteiger partial charge in [0.05, 0.1) is 12.2 Å². The minimum atomic E-state index is 0.275. The largest absolute Gasteiger partial charge is 0.376 e. The van der Waals surface area contributed by atoms with Crippen LogP contribution in [0.3, 0.4) is 0 Å². The van der Waals surface area contributed by atoms with Crippen molar-refractivity contribution in [1.29, 1.82) is 0 Å². The molecule has 1 rings (SSSR count). The molecule has 12 heavy (non-hydrogen) atoms. The lowest BCUT2D eigenvalue weighted by Gasteiger charge is -2.24. The average molecular weight is 167 g/mol. The highest BCUT2D eigenvalue weighted by atomic mass is 16.5. The molecule has 0 aromatic carbocycles. The van der Waals surface area contributed by atoms with E-state index in [1.165, 1.54) is 0 Å². The number of nitrogens with zero attached hydrogens (tertiary/aromatic N) is 1. The first-order valence-corrected chi connectivity index (χ1v) is 4.74. The molecule has 0 N–H and O–H groups in total. The van der Waals surface area contributed by atoms with E-state index in [-0.39, 0.29) is 6.04 Å². The summed E-state index contributed by atoms with van der Waals surface area (Å²) < 4.78 is 5.68. The van der Waals surface area contributed by atoms with Crippen LogP contribution >= 0.6 is 0 Å². The monoisotopic (exact) mass is 167 g/mol. The Morgan fingerprint density at radius 1 is 1.25 bits per heavy atom. The first-order chi connectivity index (χ1) is 5.72. The summed E-state index contributed by atoms with van der Waals surface area (Å²) in [5.41, 5.74) is 0. The summed E-state index contributed by atoms with van der Waals surface area (Å²) in [6, 6.07) is 0.275. The smallest absolute Gasteiger partial charge is 0.223 e. The topological polar surface area (TPSA) is 13.6 Å². The maximum atomic E-state index is 6.89. The van der Waals surface area contributed by atoms with Crippen LogP contribution in [0.1, 0.15) is 39.5 Å². The Balaban J connectivity index is 2.23. The fraction of sp³-hybridized carbons (Fsp3) is 0.900. The quantitative estimate of drug-likeness (QED) is 0.576. The molecule has 0 aromatic rings. The molecule has 0 radical (unpaired) electrons. The van der Waals surface area contributed by atoms with E-state index in [0.717, 1.165) is 25.7 Å². The first kappa shape index (κ1) is 9.54. The zero-order valence-corrected chi connectivity index (χ0v) is 7.92. The van der Waals surface area contributed by atoms with E-state index in [4.69, 9.17) is 11.3 Å². The standard InChI is InChI=1S/C10H17NO/c1-8(2)12-10-6-4-9(11-3)5-7-10/h8-10H,4-7H2,1-2H3. The lowest BCUT2D eigenvalue weighted by atomic mass is 9.93. The summed E-state index contributed by atoms with van der Waals surface area (Å²) >= 11 is 0. The summed E-state index contributed by atoms with van der Waals surface area (Å²) in [4.78, 5) is 3.56. The molecule has 0 amide bonds. The van der Waals surface area contributed by atoms with Gasteiger partial charge in [0.15, 0.2) is 0 Å². The maximum Gasteiger partial charge on any atom is 0.223 e. The van der Waals surface area contributed by atoms with E-state index >= 15 is 0 Å². The molecule has 0 bridgehead atoms. The summed E-state index contributed by atoms with van der Waals surface area (Å²) in [6.07, 6.45) is 4.96. The van der Waals surface area contributed by atoms with Gasteiger partial charge in [0, 0.05) is 12.8 Å². The minimum absolute atomic E-state index is 0.275. The third kappa shape index (κ3) is 2.83. The SMILES string of the molecule is [C-]#[N+]C1CCC(OC(C)C)CC1. The van der Waals surface area contributed by atoms with Gasteiger partial charge in [-0.25, -0.2) is 6.57 Å². The van der Waals surface area contributed by atoms with Crippen molar-refractivity contribution >= 4 is 0 Å². The highest BCUT2D eigenvalue weighted by Gasteiger charge is 2.24. The summed E-state index contributed by atoms with van der Waals surface area (Å²) in [5, 5.41) is 0. The molecule has 1 saturated carbocycles. The van der Waals surface area contributed by atoms with Gasteiger partial charge < -0.3 is 9.58 Å². The molecule has 1 aliphatic rings. The molecule has 0 spiro atoms. The van der Waals surface area contributed by atoms with Crippen LogP contribution in [0.4, 0.5) is 0 Å². The van der Waals surface area contributed by atoms with Crippen molar-refractivity contribution in [2.45, 2.75) is 57.8 Å². The van der Waals surface area contributed by atoms with Crippen LogP contribution in [0.5, 0.6) is 0 Å². The molecule has 1 aliphatic carbocycles. The second kappa shape index (κ2) is 4.47. The number of hydrogen-bond donors (Lipinski definition) is 0. The van der Waals surface area contributed by atoms with Crippen molar-refractivity contribution in [1.82, 2.24) is 0 Å². The Morgan fingerprint density at radius 3 is 2.25 bits per heavy atom. The van der Waals surface area contributed by atoms with Crippen molar-refractivity contribution < 1.29 is 4.74 Å². The normalized spacial score (nSPS) is 30.2. The van der Waals surface area contributed by atoms with Crippen LogP contribution < -0.4 is 0 Å².